The van der Waals surface area contributed by atoms with Crippen molar-refractivity contribution in [3.63, 3.8) is 0 Å². The zero-order valence-electron chi connectivity index (χ0n) is 13.2. The highest BCUT2D eigenvalue weighted by molar-refractivity contribution is 6.03. The van der Waals surface area contributed by atoms with Crippen molar-refractivity contribution >= 4 is 18.0 Å². The van der Waals surface area contributed by atoms with Gasteiger partial charge in [-0.25, -0.2) is 9.48 Å². The summed E-state index contributed by atoms with van der Waals surface area (Å²) in [6, 6.07) is 10.0. The Morgan fingerprint density at radius 2 is 2.00 bits per heavy atom. The average Bonchev–Trinajstić information content (AvgIpc) is 2.89. The third kappa shape index (κ3) is 4.08. The van der Waals surface area contributed by atoms with Crippen LogP contribution in [0.15, 0.2) is 35.9 Å². The summed E-state index contributed by atoms with van der Waals surface area (Å²) in [6.45, 7) is 3.07. The lowest BCUT2D eigenvalue weighted by molar-refractivity contribution is -0.139. The van der Waals surface area contributed by atoms with E-state index in [0.29, 0.717) is 22.7 Å². The van der Waals surface area contributed by atoms with E-state index < -0.39 is 18.5 Å². The van der Waals surface area contributed by atoms with E-state index >= 15 is 0 Å². The van der Waals surface area contributed by atoms with Crippen LogP contribution in [0.3, 0.4) is 0 Å². The van der Waals surface area contributed by atoms with E-state index in [-0.39, 0.29) is 5.57 Å². The van der Waals surface area contributed by atoms with Crippen molar-refractivity contribution in [2.45, 2.75) is 13.8 Å². The molecule has 1 heterocycles. The molecule has 0 aliphatic heterocycles. The zero-order valence-corrected chi connectivity index (χ0v) is 13.2. The number of benzene rings is 1. The van der Waals surface area contributed by atoms with Gasteiger partial charge in [0.1, 0.15) is 17.4 Å². The van der Waals surface area contributed by atoms with Gasteiger partial charge in [0.2, 0.25) is 0 Å². The number of aryl methyl sites for hydroxylation is 2. The SMILES string of the molecule is Cc1cc(C)n(C(=O)/C(C#N)=C/c2ccc(OCC(=O)O)cc2)n1. The highest BCUT2D eigenvalue weighted by Crippen LogP contribution is 2.15. The highest BCUT2D eigenvalue weighted by atomic mass is 16.5. The first-order valence-electron chi connectivity index (χ1n) is 7.05. The summed E-state index contributed by atoms with van der Waals surface area (Å²) < 4.78 is 6.21. The number of ether oxygens (including phenoxy) is 1. The molecule has 0 fully saturated rings. The van der Waals surface area contributed by atoms with Crippen LogP contribution in [0.4, 0.5) is 0 Å². The molecule has 0 aliphatic rings. The van der Waals surface area contributed by atoms with E-state index in [0.717, 1.165) is 0 Å². The number of hydrogen-bond donors (Lipinski definition) is 1. The second-order valence-electron chi connectivity index (χ2n) is 5.07. The molecule has 1 N–H and O–H groups in total. The average molecular weight is 325 g/mol. The minimum absolute atomic E-state index is 0.0552. The van der Waals surface area contributed by atoms with E-state index in [1.807, 2.05) is 6.07 Å². The fourth-order valence-electron chi connectivity index (χ4n) is 2.06. The van der Waals surface area contributed by atoms with Gasteiger partial charge in [-0.3, -0.25) is 4.79 Å². The Morgan fingerprint density at radius 3 is 2.50 bits per heavy atom. The van der Waals surface area contributed by atoms with Gasteiger partial charge in [0.15, 0.2) is 6.61 Å². The molecular weight excluding hydrogens is 310 g/mol. The number of aromatic nitrogens is 2. The number of carboxylic acids is 1. The van der Waals surface area contributed by atoms with Crippen molar-refractivity contribution < 1.29 is 19.4 Å². The first-order valence-corrected chi connectivity index (χ1v) is 7.05. The Kier molecular flexibility index (Phi) is 5.12. The van der Waals surface area contributed by atoms with Gasteiger partial charge in [-0.15, -0.1) is 0 Å². The number of carbonyl (C=O) groups is 2. The second kappa shape index (κ2) is 7.24. The predicted octanol–water partition coefficient (Wildman–Crippen LogP) is 2.21. The van der Waals surface area contributed by atoms with Crippen molar-refractivity contribution in [1.82, 2.24) is 9.78 Å². The maximum absolute atomic E-state index is 12.4. The first-order chi connectivity index (χ1) is 11.4. The van der Waals surface area contributed by atoms with Crippen LogP contribution in [-0.2, 0) is 4.79 Å². The summed E-state index contributed by atoms with van der Waals surface area (Å²) in [5.74, 6) is -1.19. The lowest BCUT2D eigenvalue weighted by Crippen LogP contribution is -2.15. The summed E-state index contributed by atoms with van der Waals surface area (Å²) >= 11 is 0. The summed E-state index contributed by atoms with van der Waals surface area (Å²) in [7, 11) is 0. The Balaban J connectivity index is 2.21. The highest BCUT2D eigenvalue weighted by Gasteiger charge is 2.15. The van der Waals surface area contributed by atoms with Crippen molar-refractivity contribution in [3.8, 4) is 11.8 Å². The Labute approximate surface area is 138 Å². The number of carboxylic acid groups (broad SMARTS) is 1. The van der Waals surface area contributed by atoms with Crippen LogP contribution in [0.25, 0.3) is 6.08 Å². The standard InChI is InChI=1S/C17H15N3O4/c1-11-7-12(2)20(19-11)17(23)14(9-18)8-13-3-5-15(6-4-13)24-10-16(21)22/h3-8H,10H2,1-2H3,(H,21,22)/b14-8+. The molecule has 0 radical (unpaired) electrons. The van der Waals surface area contributed by atoms with Gasteiger partial charge in [-0.2, -0.15) is 10.4 Å². The quantitative estimate of drug-likeness (QED) is 0.667. The second-order valence-corrected chi connectivity index (χ2v) is 5.07. The fourth-order valence-corrected chi connectivity index (χ4v) is 2.06. The topological polar surface area (TPSA) is 105 Å². The van der Waals surface area contributed by atoms with Gasteiger partial charge in [-0.1, -0.05) is 12.1 Å². The monoisotopic (exact) mass is 325 g/mol. The Bertz CT molecular complexity index is 842. The molecule has 0 saturated heterocycles. The molecule has 7 nitrogen and oxygen atoms in total. The van der Waals surface area contributed by atoms with Gasteiger partial charge in [-0.05, 0) is 43.7 Å². The summed E-state index contributed by atoms with van der Waals surface area (Å²) in [5.41, 5.74) is 1.90. The maximum Gasteiger partial charge on any atom is 0.341 e. The maximum atomic E-state index is 12.4. The molecule has 2 aromatic rings. The number of nitriles is 1. The molecular formula is C17H15N3O4. The van der Waals surface area contributed by atoms with Crippen LogP contribution in [0.5, 0.6) is 5.75 Å². The molecule has 7 heteroatoms. The molecule has 0 atom stereocenters. The van der Waals surface area contributed by atoms with E-state index in [1.165, 1.54) is 10.8 Å². The van der Waals surface area contributed by atoms with Crippen LogP contribution in [-0.4, -0.2) is 33.4 Å². The summed E-state index contributed by atoms with van der Waals surface area (Å²) in [4.78, 5) is 22.8. The third-order valence-electron chi connectivity index (χ3n) is 3.11. The molecule has 0 bridgehead atoms. The molecule has 1 aromatic heterocycles. The number of hydrogen-bond acceptors (Lipinski definition) is 5. The summed E-state index contributed by atoms with van der Waals surface area (Å²) in [6.07, 6.45) is 1.44. The number of allylic oxidation sites excluding steroid dienone is 1. The fraction of sp³-hybridized carbons (Fsp3) is 0.176. The minimum Gasteiger partial charge on any atom is -0.482 e. The third-order valence-corrected chi connectivity index (χ3v) is 3.11. The normalized spacial score (nSPS) is 11.0. The molecule has 0 aliphatic carbocycles. The number of carbonyl (C=O) groups excluding carboxylic acids is 1. The predicted molar refractivity (Wildman–Crippen MR) is 85.5 cm³/mol. The zero-order chi connectivity index (χ0) is 17.7. The molecule has 0 unspecified atom stereocenters. The van der Waals surface area contributed by atoms with Gasteiger partial charge in [0.25, 0.3) is 5.91 Å². The van der Waals surface area contributed by atoms with Crippen molar-refractivity contribution in [2.24, 2.45) is 0 Å². The van der Waals surface area contributed by atoms with Gasteiger partial charge in [0, 0.05) is 5.69 Å². The van der Waals surface area contributed by atoms with Crippen molar-refractivity contribution in [3.05, 3.63) is 52.9 Å². The molecule has 0 spiro atoms. The summed E-state index contributed by atoms with van der Waals surface area (Å²) in [5, 5.41) is 21.9. The first kappa shape index (κ1) is 17.0. The molecule has 24 heavy (non-hydrogen) atoms. The van der Waals surface area contributed by atoms with Crippen LogP contribution in [0.1, 0.15) is 21.7 Å². The number of nitrogens with zero attached hydrogens (tertiary/aromatic N) is 3. The van der Waals surface area contributed by atoms with E-state index in [9.17, 15) is 14.9 Å². The van der Waals surface area contributed by atoms with Gasteiger partial charge in [0.05, 0.1) is 5.69 Å². The van der Waals surface area contributed by atoms with Gasteiger partial charge < -0.3 is 9.84 Å². The van der Waals surface area contributed by atoms with Crippen LogP contribution < -0.4 is 4.74 Å². The van der Waals surface area contributed by atoms with Crippen LogP contribution in [0.2, 0.25) is 0 Å². The number of rotatable bonds is 5. The van der Waals surface area contributed by atoms with Gasteiger partial charge >= 0.3 is 5.97 Å². The molecule has 122 valence electrons. The van der Waals surface area contributed by atoms with Crippen molar-refractivity contribution in [1.29, 1.82) is 5.26 Å². The molecule has 1 aromatic carbocycles. The van der Waals surface area contributed by atoms with E-state index in [4.69, 9.17) is 9.84 Å². The largest absolute Gasteiger partial charge is 0.482 e. The minimum atomic E-state index is -1.07. The van der Waals surface area contributed by atoms with Crippen molar-refractivity contribution in [2.75, 3.05) is 6.61 Å². The molecule has 0 amide bonds. The lowest BCUT2D eigenvalue weighted by atomic mass is 10.1. The van der Waals surface area contributed by atoms with E-state index in [1.54, 1.807) is 44.2 Å². The Morgan fingerprint density at radius 1 is 1.33 bits per heavy atom. The van der Waals surface area contributed by atoms with E-state index in [2.05, 4.69) is 5.10 Å². The number of aliphatic carboxylic acids is 1. The Hall–Kier alpha value is -3.40. The lowest BCUT2D eigenvalue weighted by Gasteiger charge is -2.04. The molecule has 0 saturated carbocycles. The molecule has 2 rings (SSSR count). The smallest absolute Gasteiger partial charge is 0.341 e. The van der Waals surface area contributed by atoms with Crippen LogP contribution >= 0.6 is 0 Å². The van der Waals surface area contributed by atoms with Crippen LogP contribution in [0, 0.1) is 25.2 Å².